The van der Waals surface area contributed by atoms with E-state index < -0.39 is 11.8 Å². The molecule has 0 bridgehead atoms. The Bertz CT molecular complexity index is 816. The zero-order chi connectivity index (χ0) is 16.4. The number of hydrogen-bond donors (Lipinski definition) is 0. The Labute approximate surface area is 141 Å². The molecule has 1 aliphatic heterocycles. The second kappa shape index (κ2) is 6.44. The molecule has 0 spiro atoms. The van der Waals surface area contributed by atoms with Crippen LogP contribution in [0.1, 0.15) is 15.9 Å². The van der Waals surface area contributed by atoms with Gasteiger partial charge >= 0.3 is 0 Å². The van der Waals surface area contributed by atoms with Gasteiger partial charge < -0.3 is 0 Å². The summed E-state index contributed by atoms with van der Waals surface area (Å²) in [7, 11) is 0. The van der Waals surface area contributed by atoms with E-state index in [0.29, 0.717) is 16.0 Å². The fourth-order valence-electron chi connectivity index (χ4n) is 2.06. The Morgan fingerprint density at radius 3 is 2.39 bits per heavy atom. The van der Waals surface area contributed by atoms with Crippen LogP contribution in [0.25, 0.3) is 6.08 Å². The third-order valence-corrected chi connectivity index (χ3v) is 4.49. The van der Waals surface area contributed by atoms with Crippen molar-refractivity contribution in [3.63, 3.8) is 0 Å². The third-order valence-electron chi connectivity index (χ3n) is 3.19. The van der Waals surface area contributed by atoms with Gasteiger partial charge in [0, 0.05) is 5.56 Å². The van der Waals surface area contributed by atoms with Gasteiger partial charge in [-0.25, -0.2) is 9.29 Å². The molecule has 3 rings (SSSR count). The first-order valence-corrected chi connectivity index (χ1v) is 7.91. The van der Waals surface area contributed by atoms with Gasteiger partial charge in [-0.15, -0.1) is 0 Å². The second-order valence-electron chi connectivity index (χ2n) is 4.74. The number of rotatable bonds is 2. The van der Waals surface area contributed by atoms with Crippen LogP contribution in [0, 0.1) is 5.82 Å². The number of nitrogens with zero attached hydrogens (tertiary/aromatic N) is 1. The van der Waals surface area contributed by atoms with Gasteiger partial charge in [0.05, 0.1) is 4.91 Å². The summed E-state index contributed by atoms with van der Waals surface area (Å²) in [6, 6.07) is 14.2. The molecule has 1 saturated heterocycles. The standard InChI is InChI=1S/C17H10FNO2S2/c18-13-8-6-11(7-9-13)10-14-16(21)19(17(22)23-14)15(20)12-4-2-1-3-5-12/h1-10H/b14-10-. The Balaban J connectivity index is 1.88. The smallest absolute Gasteiger partial charge is 0.268 e. The van der Waals surface area contributed by atoms with Gasteiger partial charge in [0.15, 0.2) is 4.32 Å². The molecule has 1 aliphatic rings. The van der Waals surface area contributed by atoms with Crippen LogP contribution in [0.3, 0.4) is 0 Å². The van der Waals surface area contributed by atoms with E-state index in [1.807, 2.05) is 0 Å². The van der Waals surface area contributed by atoms with E-state index in [9.17, 15) is 14.0 Å². The molecule has 0 unspecified atom stereocenters. The monoisotopic (exact) mass is 343 g/mol. The molecular weight excluding hydrogens is 333 g/mol. The minimum atomic E-state index is -0.460. The fraction of sp³-hybridized carbons (Fsp3) is 0. The number of thiocarbonyl (C=S) groups is 1. The van der Waals surface area contributed by atoms with E-state index in [2.05, 4.69) is 0 Å². The molecule has 0 aromatic heterocycles. The number of thioether (sulfide) groups is 1. The van der Waals surface area contributed by atoms with Crippen molar-refractivity contribution in [3.8, 4) is 0 Å². The van der Waals surface area contributed by atoms with Gasteiger partial charge in [-0.3, -0.25) is 9.59 Å². The molecule has 2 aromatic carbocycles. The molecule has 6 heteroatoms. The first-order chi connectivity index (χ1) is 11.1. The lowest BCUT2D eigenvalue weighted by atomic mass is 10.2. The van der Waals surface area contributed by atoms with E-state index in [4.69, 9.17) is 12.2 Å². The SMILES string of the molecule is O=C1/C(=C/c2ccc(F)cc2)SC(=S)N1C(=O)c1ccccc1. The highest BCUT2D eigenvalue weighted by Crippen LogP contribution is 2.33. The van der Waals surface area contributed by atoms with Crippen molar-refractivity contribution >= 4 is 46.2 Å². The average Bonchev–Trinajstić information content (AvgIpc) is 2.84. The van der Waals surface area contributed by atoms with E-state index in [-0.39, 0.29) is 10.1 Å². The molecule has 23 heavy (non-hydrogen) atoms. The maximum Gasteiger partial charge on any atom is 0.273 e. The number of benzene rings is 2. The van der Waals surface area contributed by atoms with Crippen LogP contribution in [0.2, 0.25) is 0 Å². The number of carbonyl (C=O) groups excluding carboxylic acids is 2. The van der Waals surface area contributed by atoms with Gasteiger partial charge in [-0.2, -0.15) is 0 Å². The summed E-state index contributed by atoms with van der Waals surface area (Å²) in [5, 5.41) is 0. The highest BCUT2D eigenvalue weighted by atomic mass is 32.2. The molecule has 1 heterocycles. The Morgan fingerprint density at radius 1 is 1.09 bits per heavy atom. The quantitative estimate of drug-likeness (QED) is 0.471. The predicted molar refractivity (Wildman–Crippen MR) is 92.2 cm³/mol. The van der Waals surface area contributed by atoms with Gasteiger partial charge in [-0.05, 0) is 35.9 Å². The van der Waals surface area contributed by atoms with Crippen LogP contribution < -0.4 is 0 Å². The van der Waals surface area contributed by atoms with E-state index in [0.717, 1.165) is 16.7 Å². The summed E-state index contributed by atoms with van der Waals surface area (Å²) in [5.74, 6) is -1.26. The van der Waals surface area contributed by atoms with Crippen LogP contribution >= 0.6 is 24.0 Å². The predicted octanol–water partition coefficient (Wildman–Crippen LogP) is 3.87. The normalized spacial score (nSPS) is 16.2. The average molecular weight is 343 g/mol. The molecule has 1 fully saturated rings. The number of carbonyl (C=O) groups is 2. The van der Waals surface area contributed by atoms with Crippen molar-refractivity contribution in [1.29, 1.82) is 0 Å². The van der Waals surface area contributed by atoms with Crippen LogP contribution in [-0.2, 0) is 4.79 Å². The van der Waals surface area contributed by atoms with Gasteiger partial charge in [0.25, 0.3) is 11.8 Å². The van der Waals surface area contributed by atoms with Crippen LogP contribution in [0.15, 0.2) is 59.5 Å². The summed E-state index contributed by atoms with van der Waals surface area (Å²) in [5.41, 5.74) is 1.06. The molecular formula is C17H10FNO2S2. The van der Waals surface area contributed by atoms with Crippen LogP contribution in [-0.4, -0.2) is 21.0 Å². The number of halogens is 1. The van der Waals surface area contributed by atoms with Gasteiger partial charge in [-0.1, -0.05) is 54.3 Å². The van der Waals surface area contributed by atoms with Crippen LogP contribution in [0.5, 0.6) is 0 Å². The lowest BCUT2D eigenvalue weighted by Crippen LogP contribution is -2.34. The zero-order valence-corrected chi connectivity index (χ0v) is 13.4. The fourth-order valence-corrected chi connectivity index (χ4v) is 3.32. The molecule has 114 valence electrons. The molecule has 0 atom stereocenters. The molecule has 0 radical (unpaired) electrons. The van der Waals surface area contributed by atoms with Crippen molar-refractivity contribution in [2.24, 2.45) is 0 Å². The number of imide groups is 1. The van der Waals surface area contributed by atoms with Crippen molar-refractivity contribution in [2.45, 2.75) is 0 Å². The molecule has 0 N–H and O–H groups in total. The molecule has 0 aliphatic carbocycles. The van der Waals surface area contributed by atoms with E-state index >= 15 is 0 Å². The summed E-state index contributed by atoms with van der Waals surface area (Å²) in [6.07, 6.45) is 1.59. The van der Waals surface area contributed by atoms with Crippen LogP contribution in [0.4, 0.5) is 4.39 Å². The number of amides is 2. The second-order valence-corrected chi connectivity index (χ2v) is 6.42. The van der Waals surface area contributed by atoms with Gasteiger partial charge in [0.2, 0.25) is 0 Å². The molecule has 2 amide bonds. The Hall–Kier alpha value is -2.31. The maximum atomic E-state index is 12.9. The Morgan fingerprint density at radius 2 is 1.74 bits per heavy atom. The topological polar surface area (TPSA) is 37.4 Å². The maximum absolute atomic E-state index is 12.9. The van der Waals surface area contributed by atoms with Crippen molar-refractivity contribution < 1.29 is 14.0 Å². The van der Waals surface area contributed by atoms with Crippen molar-refractivity contribution in [1.82, 2.24) is 4.90 Å². The molecule has 2 aromatic rings. The zero-order valence-electron chi connectivity index (χ0n) is 11.7. The van der Waals surface area contributed by atoms with Crippen molar-refractivity contribution in [2.75, 3.05) is 0 Å². The first kappa shape index (κ1) is 15.6. The highest BCUT2D eigenvalue weighted by molar-refractivity contribution is 8.26. The molecule has 0 saturated carbocycles. The number of hydrogen-bond acceptors (Lipinski definition) is 4. The minimum Gasteiger partial charge on any atom is -0.268 e. The Kier molecular flexibility index (Phi) is 4.36. The minimum absolute atomic E-state index is 0.192. The largest absolute Gasteiger partial charge is 0.273 e. The summed E-state index contributed by atoms with van der Waals surface area (Å²) in [6.45, 7) is 0. The van der Waals surface area contributed by atoms with Gasteiger partial charge in [0.1, 0.15) is 5.82 Å². The lowest BCUT2D eigenvalue weighted by Gasteiger charge is -2.12. The van der Waals surface area contributed by atoms with Crippen molar-refractivity contribution in [3.05, 3.63) is 76.4 Å². The van der Waals surface area contributed by atoms with E-state index in [1.54, 1.807) is 48.5 Å². The summed E-state index contributed by atoms with van der Waals surface area (Å²) in [4.78, 5) is 26.2. The lowest BCUT2D eigenvalue weighted by molar-refractivity contribution is -0.120. The van der Waals surface area contributed by atoms with E-state index in [1.165, 1.54) is 12.1 Å². The molecule has 3 nitrogen and oxygen atoms in total. The third kappa shape index (κ3) is 3.23. The first-order valence-electron chi connectivity index (χ1n) is 6.69. The summed E-state index contributed by atoms with van der Waals surface area (Å²) >= 11 is 6.21. The highest BCUT2D eigenvalue weighted by Gasteiger charge is 2.37. The summed E-state index contributed by atoms with van der Waals surface area (Å²) < 4.78 is 13.1.